The van der Waals surface area contributed by atoms with Gasteiger partial charge in [0.15, 0.2) is 0 Å². The van der Waals surface area contributed by atoms with Gasteiger partial charge in [0, 0.05) is 31.6 Å². The number of nitrogens with zero attached hydrogens (tertiary/aromatic N) is 1. The molecule has 4 nitrogen and oxygen atoms in total. The third-order valence-electron chi connectivity index (χ3n) is 3.87. The first kappa shape index (κ1) is 17.3. The van der Waals surface area contributed by atoms with Gasteiger partial charge in [0.1, 0.15) is 0 Å². The molecule has 1 heterocycles. The van der Waals surface area contributed by atoms with Crippen LogP contribution >= 0.6 is 0 Å². The fourth-order valence-electron chi connectivity index (χ4n) is 2.64. The zero-order valence-corrected chi connectivity index (χ0v) is 12.8. The summed E-state index contributed by atoms with van der Waals surface area (Å²) in [6.07, 6.45) is -2.03. The van der Waals surface area contributed by atoms with E-state index in [0.717, 1.165) is 12.1 Å². The van der Waals surface area contributed by atoms with Crippen molar-refractivity contribution >= 4 is 17.3 Å². The van der Waals surface area contributed by atoms with Gasteiger partial charge in [0.25, 0.3) is 0 Å². The molecule has 1 aliphatic heterocycles. The van der Waals surface area contributed by atoms with Crippen molar-refractivity contribution in [2.45, 2.75) is 25.1 Å². The van der Waals surface area contributed by atoms with Crippen LogP contribution < -0.4 is 10.2 Å². The van der Waals surface area contributed by atoms with E-state index in [0.29, 0.717) is 25.9 Å². The highest BCUT2D eigenvalue weighted by Crippen LogP contribution is 2.39. The van der Waals surface area contributed by atoms with E-state index in [9.17, 15) is 18.0 Å². The third kappa shape index (κ3) is 4.25. The molecule has 7 heteroatoms. The zero-order valence-electron chi connectivity index (χ0n) is 12.8. The Labute approximate surface area is 132 Å². The first-order valence-electron chi connectivity index (χ1n) is 7.27. The second-order valence-electron chi connectivity index (χ2n) is 5.35. The van der Waals surface area contributed by atoms with Crippen molar-refractivity contribution in [1.82, 2.24) is 0 Å². The number of methoxy groups -OCH3 is 1. The van der Waals surface area contributed by atoms with Gasteiger partial charge < -0.3 is 15.0 Å². The van der Waals surface area contributed by atoms with E-state index in [2.05, 4.69) is 11.9 Å². The molecule has 1 aromatic carbocycles. The van der Waals surface area contributed by atoms with Gasteiger partial charge >= 0.3 is 6.18 Å². The minimum atomic E-state index is -4.50. The lowest BCUT2D eigenvalue weighted by Gasteiger charge is -2.34. The molecule has 0 saturated carbocycles. The maximum Gasteiger partial charge on any atom is 0.418 e. The maximum absolute atomic E-state index is 13.4. The van der Waals surface area contributed by atoms with Crippen molar-refractivity contribution in [3.05, 3.63) is 36.4 Å². The van der Waals surface area contributed by atoms with E-state index >= 15 is 0 Å². The van der Waals surface area contributed by atoms with Crippen molar-refractivity contribution in [3.8, 4) is 0 Å². The molecule has 0 radical (unpaired) electrons. The quantitative estimate of drug-likeness (QED) is 0.861. The van der Waals surface area contributed by atoms with E-state index in [4.69, 9.17) is 4.74 Å². The van der Waals surface area contributed by atoms with E-state index in [1.807, 2.05) is 0 Å². The summed E-state index contributed by atoms with van der Waals surface area (Å²) in [5.41, 5.74) is -0.531. The lowest BCUT2D eigenvalue weighted by molar-refractivity contribution is -0.137. The van der Waals surface area contributed by atoms with E-state index < -0.39 is 17.6 Å². The maximum atomic E-state index is 13.4. The van der Waals surface area contributed by atoms with Crippen LogP contribution in [0.2, 0.25) is 0 Å². The Balaban J connectivity index is 2.28. The van der Waals surface area contributed by atoms with Gasteiger partial charge in [-0.2, -0.15) is 13.2 Å². The Morgan fingerprint density at radius 2 is 2.04 bits per heavy atom. The van der Waals surface area contributed by atoms with Crippen LogP contribution in [-0.4, -0.2) is 32.2 Å². The smallest absolute Gasteiger partial charge is 0.381 e. The summed E-state index contributed by atoms with van der Waals surface area (Å²) in [5, 5.41) is 2.35. The largest absolute Gasteiger partial charge is 0.418 e. The van der Waals surface area contributed by atoms with Gasteiger partial charge in [-0.25, -0.2) is 0 Å². The number of hydrogen-bond donors (Lipinski definition) is 1. The number of amides is 1. The topological polar surface area (TPSA) is 41.6 Å². The summed E-state index contributed by atoms with van der Waals surface area (Å²) in [6.45, 7) is 4.28. The molecule has 0 bridgehead atoms. The SMILES string of the molecule is C=CC(=O)Nc1ccc(N2CCC(OC)CC2)c(C(F)(F)F)c1. The molecule has 0 aromatic heterocycles. The van der Waals surface area contributed by atoms with Gasteiger partial charge in [0.2, 0.25) is 5.91 Å². The van der Waals surface area contributed by atoms with Crippen molar-refractivity contribution in [1.29, 1.82) is 0 Å². The van der Waals surface area contributed by atoms with Gasteiger partial charge in [-0.1, -0.05) is 6.58 Å². The molecule has 2 rings (SSSR count). The standard InChI is InChI=1S/C16H19F3N2O2/c1-3-15(22)20-11-4-5-14(13(10-11)16(17,18)19)21-8-6-12(23-2)7-9-21/h3-5,10,12H,1,6-9H2,2H3,(H,20,22). The van der Waals surface area contributed by atoms with Gasteiger partial charge in [-0.05, 0) is 37.1 Å². The van der Waals surface area contributed by atoms with Crippen molar-refractivity contribution in [2.24, 2.45) is 0 Å². The summed E-state index contributed by atoms with van der Waals surface area (Å²) in [7, 11) is 1.61. The average Bonchev–Trinajstić information content (AvgIpc) is 2.54. The highest BCUT2D eigenvalue weighted by molar-refractivity contribution is 5.99. The van der Waals surface area contributed by atoms with Crippen molar-refractivity contribution in [2.75, 3.05) is 30.4 Å². The van der Waals surface area contributed by atoms with Crippen LogP contribution in [0.25, 0.3) is 0 Å². The molecular weight excluding hydrogens is 309 g/mol. The Bertz CT molecular complexity index is 579. The summed E-state index contributed by atoms with van der Waals surface area (Å²) < 4.78 is 45.3. The number of rotatable bonds is 4. The van der Waals surface area contributed by atoms with Crippen molar-refractivity contribution < 1.29 is 22.7 Å². The molecule has 1 fully saturated rings. The molecular formula is C16H19F3N2O2. The fourth-order valence-corrected chi connectivity index (χ4v) is 2.64. The van der Waals surface area contributed by atoms with E-state index in [1.54, 1.807) is 12.0 Å². The zero-order chi connectivity index (χ0) is 17.0. The van der Waals surface area contributed by atoms with E-state index in [-0.39, 0.29) is 17.5 Å². The van der Waals surface area contributed by atoms with E-state index in [1.165, 1.54) is 12.1 Å². The summed E-state index contributed by atoms with van der Waals surface area (Å²) in [5.74, 6) is -0.549. The predicted molar refractivity (Wildman–Crippen MR) is 82.5 cm³/mol. The Hall–Kier alpha value is -2.02. The molecule has 0 spiro atoms. The molecule has 1 amide bonds. The Morgan fingerprint density at radius 1 is 1.39 bits per heavy atom. The highest BCUT2D eigenvalue weighted by atomic mass is 19.4. The molecule has 1 aromatic rings. The first-order valence-corrected chi connectivity index (χ1v) is 7.27. The lowest BCUT2D eigenvalue weighted by Crippen LogP contribution is -2.37. The number of carbonyl (C=O) groups excluding carboxylic acids is 1. The van der Waals surface area contributed by atoms with Crippen LogP contribution in [-0.2, 0) is 15.7 Å². The number of carbonyl (C=O) groups is 1. The van der Waals surface area contributed by atoms with Gasteiger partial charge in [0.05, 0.1) is 11.7 Å². The fraction of sp³-hybridized carbons (Fsp3) is 0.438. The predicted octanol–water partition coefficient (Wildman–Crippen LogP) is 3.45. The first-order chi connectivity index (χ1) is 10.8. The second-order valence-corrected chi connectivity index (χ2v) is 5.35. The summed E-state index contributed by atoms with van der Waals surface area (Å²) in [6, 6.07) is 3.82. The monoisotopic (exact) mass is 328 g/mol. The number of hydrogen-bond acceptors (Lipinski definition) is 3. The molecule has 0 aliphatic carbocycles. The number of nitrogens with one attached hydrogen (secondary N) is 1. The molecule has 1 aliphatic rings. The number of alkyl halides is 3. The minimum Gasteiger partial charge on any atom is -0.381 e. The average molecular weight is 328 g/mol. The molecule has 0 atom stereocenters. The summed E-state index contributed by atoms with van der Waals surface area (Å²) >= 11 is 0. The number of piperidine rings is 1. The minimum absolute atomic E-state index is 0.0896. The van der Waals surface area contributed by atoms with Crippen LogP contribution in [0.15, 0.2) is 30.9 Å². The highest BCUT2D eigenvalue weighted by Gasteiger charge is 2.36. The summed E-state index contributed by atoms with van der Waals surface area (Å²) in [4.78, 5) is 13.0. The molecule has 1 saturated heterocycles. The second kappa shape index (κ2) is 7.04. The van der Waals surface area contributed by atoms with Gasteiger partial charge in [-0.3, -0.25) is 4.79 Å². The van der Waals surface area contributed by atoms with Crippen LogP contribution in [0.4, 0.5) is 24.5 Å². The third-order valence-corrected chi connectivity index (χ3v) is 3.87. The number of halogens is 3. The number of ether oxygens (including phenoxy) is 1. The molecule has 1 N–H and O–H groups in total. The van der Waals surface area contributed by atoms with Gasteiger partial charge in [-0.15, -0.1) is 0 Å². The normalized spacial score (nSPS) is 16.3. The number of anilines is 2. The van der Waals surface area contributed by atoms with Crippen LogP contribution in [0, 0.1) is 0 Å². The van der Waals surface area contributed by atoms with Crippen molar-refractivity contribution in [3.63, 3.8) is 0 Å². The number of benzene rings is 1. The van der Waals surface area contributed by atoms with Crippen LogP contribution in [0.1, 0.15) is 18.4 Å². The molecule has 0 unspecified atom stereocenters. The van der Waals surface area contributed by atoms with Crippen LogP contribution in [0.5, 0.6) is 0 Å². The Kier molecular flexibility index (Phi) is 5.30. The van der Waals surface area contributed by atoms with Crippen LogP contribution in [0.3, 0.4) is 0 Å². The Morgan fingerprint density at radius 3 is 2.57 bits per heavy atom. The lowest BCUT2D eigenvalue weighted by atomic mass is 10.0. The molecule has 126 valence electrons. The molecule has 23 heavy (non-hydrogen) atoms.